The number of carboxylic acids is 1. The van der Waals surface area contributed by atoms with Gasteiger partial charge >= 0.3 is 12.0 Å². The van der Waals surface area contributed by atoms with Gasteiger partial charge in [0, 0.05) is 19.7 Å². The molecular formula is C15H30N2O4. The molecule has 0 bridgehead atoms. The van der Waals surface area contributed by atoms with Crippen LogP contribution in [0.25, 0.3) is 0 Å². The lowest BCUT2D eigenvalue weighted by atomic mass is 9.87. The first kappa shape index (κ1) is 19.7. The van der Waals surface area contributed by atoms with Gasteiger partial charge in [-0.25, -0.2) is 9.59 Å². The van der Waals surface area contributed by atoms with Crippen molar-refractivity contribution in [3.8, 4) is 0 Å². The van der Waals surface area contributed by atoms with Crippen LogP contribution in [-0.2, 0) is 9.53 Å². The zero-order valence-electron chi connectivity index (χ0n) is 14.1. The van der Waals surface area contributed by atoms with Crippen LogP contribution in [0, 0.1) is 5.41 Å². The van der Waals surface area contributed by atoms with Crippen molar-refractivity contribution >= 4 is 12.0 Å². The maximum absolute atomic E-state index is 12.5. The summed E-state index contributed by atoms with van der Waals surface area (Å²) in [6.07, 6.45) is 1.64. The third-order valence-electron chi connectivity index (χ3n) is 3.56. The Hall–Kier alpha value is -1.30. The summed E-state index contributed by atoms with van der Waals surface area (Å²) >= 11 is 0. The second kappa shape index (κ2) is 8.87. The number of nitrogens with one attached hydrogen (secondary N) is 1. The Labute approximate surface area is 127 Å². The minimum atomic E-state index is -1.02. The molecule has 0 rings (SSSR count). The molecule has 0 spiro atoms. The van der Waals surface area contributed by atoms with Crippen LogP contribution in [0.15, 0.2) is 0 Å². The Morgan fingerprint density at radius 1 is 1.24 bits per heavy atom. The number of urea groups is 1. The van der Waals surface area contributed by atoms with Gasteiger partial charge in [-0.2, -0.15) is 0 Å². The van der Waals surface area contributed by atoms with E-state index in [2.05, 4.69) is 5.32 Å². The fourth-order valence-corrected chi connectivity index (χ4v) is 2.22. The first-order valence-electron chi connectivity index (χ1n) is 7.47. The SMILES string of the molecule is CCC(CC)N(CCOC)C(=O)NC(C(=O)O)C(C)(C)C. The second-order valence-corrected chi connectivity index (χ2v) is 6.24. The number of hydrogen-bond donors (Lipinski definition) is 2. The van der Waals surface area contributed by atoms with Gasteiger partial charge in [0.2, 0.25) is 0 Å². The van der Waals surface area contributed by atoms with Crippen molar-refractivity contribution in [1.82, 2.24) is 10.2 Å². The molecule has 0 saturated carbocycles. The van der Waals surface area contributed by atoms with Crippen molar-refractivity contribution in [2.45, 2.75) is 59.5 Å². The number of carbonyl (C=O) groups excluding carboxylic acids is 1. The van der Waals surface area contributed by atoms with Gasteiger partial charge in [-0.05, 0) is 18.3 Å². The maximum Gasteiger partial charge on any atom is 0.326 e. The summed E-state index contributed by atoms with van der Waals surface area (Å²) in [7, 11) is 1.58. The van der Waals surface area contributed by atoms with Crippen LogP contribution in [0.4, 0.5) is 4.79 Å². The molecule has 0 aromatic heterocycles. The number of rotatable bonds is 8. The number of aliphatic carboxylic acids is 1. The van der Waals surface area contributed by atoms with E-state index in [9.17, 15) is 14.7 Å². The van der Waals surface area contributed by atoms with Crippen LogP contribution < -0.4 is 5.32 Å². The average Bonchev–Trinajstić information content (AvgIpc) is 2.38. The van der Waals surface area contributed by atoms with E-state index in [-0.39, 0.29) is 12.1 Å². The van der Waals surface area contributed by atoms with Gasteiger partial charge in [0.05, 0.1) is 6.61 Å². The van der Waals surface area contributed by atoms with Gasteiger partial charge in [0.15, 0.2) is 0 Å². The molecule has 0 aromatic rings. The molecule has 21 heavy (non-hydrogen) atoms. The van der Waals surface area contributed by atoms with E-state index in [0.717, 1.165) is 12.8 Å². The van der Waals surface area contributed by atoms with E-state index >= 15 is 0 Å². The van der Waals surface area contributed by atoms with Gasteiger partial charge in [-0.3, -0.25) is 0 Å². The summed E-state index contributed by atoms with van der Waals surface area (Å²) < 4.78 is 5.04. The van der Waals surface area contributed by atoms with E-state index in [1.54, 1.807) is 32.8 Å². The lowest BCUT2D eigenvalue weighted by Gasteiger charge is -2.34. The minimum Gasteiger partial charge on any atom is -0.480 e. The van der Waals surface area contributed by atoms with Crippen LogP contribution in [0.2, 0.25) is 0 Å². The molecule has 2 N–H and O–H groups in total. The van der Waals surface area contributed by atoms with Gasteiger partial charge < -0.3 is 20.1 Å². The summed E-state index contributed by atoms with van der Waals surface area (Å²) in [6, 6.07) is -1.19. The largest absolute Gasteiger partial charge is 0.480 e. The molecule has 0 fully saturated rings. The molecule has 0 radical (unpaired) electrons. The van der Waals surface area contributed by atoms with Crippen LogP contribution >= 0.6 is 0 Å². The topological polar surface area (TPSA) is 78.9 Å². The van der Waals surface area contributed by atoms with Crippen molar-refractivity contribution in [2.24, 2.45) is 5.41 Å². The molecule has 0 aliphatic carbocycles. The van der Waals surface area contributed by atoms with E-state index in [1.807, 2.05) is 13.8 Å². The Bertz CT molecular complexity index is 335. The Morgan fingerprint density at radius 3 is 2.10 bits per heavy atom. The highest BCUT2D eigenvalue weighted by Crippen LogP contribution is 2.20. The number of ether oxygens (including phenoxy) is 1. The Kier molecular flexibility index (Phi) is 8.32. The highest BCUT2D eigenvalue weighted by molar-refractivity contribution is 5.83. The standard InChI is InChI=1S/C15H30N2O4/c1-7-11(8-2)17(9-10-21-6)14(20)16-12(13(18)19)15(3,4)5/h11-12H,7-10H2,1-6H3,(H,16,20)(H,18,19). The number of hydrogen-bond acceptors (Lipinski definition) is 3. The zero-order valence-corrected chi connectivity index (χ0v) is 14.1. The summed E-state index contributed by atoms with van der Waals surface area (Å²) in [6.45, 7) is 10.3. The normalized spacial score (nSPS) is 13.1. The summed E-state index contributed by atoms with van der Waals surface area (Å²) in [5.74, 6) is -1.02. The quantitative estimate of drug-likeness (QED) is 0.721. The highest BCUT2D eigenvalue weighted by atomic mass is 16.5. The molecule has 0 heterocycles. The molecule has 6 nitrogen and oxygen atoms in total. The maximum atomic E-state index is 12.5. The Morgan fingerprint density at radius 2 is 1.76 bits per heavy atom. The first-order valence-corrected chi connectivity index (χ1v) is 7.47. The van der Waals surface area contributed by atoms with Gasteiger partial charge in [-0.15, -0.1) is 0 Å². The van der Waals surface area contributed by atoms with E-state index < -0.39 is 17.4 Å². The van der Waals surface area contributed by atoms with E-state index in [4.69, 9.17) is 4.74 Å². The van der Waals surface area contributed by atoms with E-state index in [1.165, 1.54) is 0 Å². The average molecular weight is 302 g/mol. The summed E-state index contributed by atoms with van der Waals surface area (Å²) in [5.41, 5.74) is -0.553. The number of amides is 2. The molecule has 0 aliphatic rings. The van der Waals surface area contributed by atoms with Crippen LogP contribution in [-0.4, -0.2) is 54.4 Å². The lowest BCUT2D eigenvalue weighted by molar-refractivity contribution is -0.142. The predicted octanol–water partition coefficient (Wildman–Crippen LogP) is 2.33. The van der Waals surface area contributed by atoms with E-state index in [0.29, 0.717) is 13.2 Å². The number of carboxylic acid groups (broad SMARTS) is 1. The van der Waals surface area contributed by atoms with Crippen molar-refractivity contribution in [3.05, 3.63) is 0 Å². The molecule has 0 aromatic carbocycles. The predicted molar refractivity (Wildman–Crippen MR) is 82.4 cm³/mol. The Balaban J connectivity index is 5.05. The number of methoxy groups -OCH3 is 1. The molecule has 0 aliphatic heterocycles. The fourth-order valence-electron chi connectivity index (χ4n) is 2.22. The second-order valence-electron chi connectivity index (χ2n) is 6.24. The highest BCUT2D eigenvalue weighted by Gasteiger charge is 2.34. The van der Waals surface area contributed by atoms with Gasteiger partial charge in [0.25, 0.3) is 0 Å². The van der Waals surface area contributed by atoms with Gasteiger partial charge in [0.1, 0.15) is 6.04 Å². The van der Waals surface area contributed by atoms with Crippen molar-refractivity contribution in [1.29, 1.82) is 0 Å². The third kappa shape index (κ3) is 6.33. The van der Waals surface area contributed by atoms with Crippen LogP contribution in [0.5, 0.6) is 0 Å². The molecule has 124 valence electrons. The summed E-state index contributed by atoms with van der Waals surface area (Å²) in [5, 5.41) is 12.0. The monoisotopic (exact) mass is 302 g/mol. The van der Waals surface area contributed by atoms with Crippen LogP contribution in [0.3, 0.4) is 0 Å². The molecule has 2 amide bonds. The minimum absolute atomic E-state index is 0.0783. The smallest absolute Gasteiger partial charge is 0.326 e. The molecular weight excluding hydrogens is 272 g/mol. The number of carbonyl (C=O) groups is 2. The van der Waals surface area contributed by atoms with Crippen molar-refractivity contribution in [3.63, 3.8) is 0 Å². The van der Waals surface area contributed by atoms with Crippen LogP contribution in [0.1, 0.15) is 47.5 Å². The summed E-state index contributed by atoms with van der Waals surface area (Å²) in [4.78, 5) is 25.5. The zero-order chi connectivity index (χ0) is 16.6. The van der Waals surface area contributed by atoms with Gasteiger partial charge in [-0.1, -0.05) is 34.6 Å². The van der Waals surface area contributed by atoms with Crippen molar-refractivity contribution in [2.75, 3.05) is 20.3 Å². The molecule has 0 saturated heterocycles. The molecule has 1 unspecified atom stereocenters. The molecule has 1 atom stereocenters. The lowest BCUT2D eigenvalue weighted by Crippen LogP contribution is -2.55. The third-order valence-corrected chi connectivity index (χ3v) is 3.56. The molecule has 6 heteroatoms. The first-order chi connectivity index (χ1) is 9.68. The number of nitrogens with zero attached hydrogens (tertiary/aromatic N) is 1. The fraction of sp³-hybridized carbons (Fsp3) is 0.867. The van der Waals surface area contributed by atoms with Crippen molar-refractivity contribution < 1.29 is 19.4 Å².